The Kier molecular flexibility index (Phi) is 7.72. The van der Waals surface area contributed by atoms with Crippen LogP contribution in [0, 0.1) is 5.41 Å². The van der Waals surface area contributed by atoms with Gasteiger partial charge in [-0.2, -0.15) is 18.2 Å². The zero-order chi connectivity index (χ0) is 23.4. The number of piperidine rings is 2. The first-order chi connectivity index (χ1) is 15.2. The fraction of sp³-hybridized carbons (Fsp3) is 0.789. The highest BCUT2D eigenvalue weighted by atomic mass is 19.4. The summed E-state index contributed by atoms with van der Waals surface area (Å²) in [7, 11) is 0. The van der Waals surface area contributed by atoms with Gasteiger partial charge in [0.15, 0.2) is 0 Å². The fourth-order valence-corrected chi connectivity index (χ4v) is 4.90. The van der Waals surface area contributed by atoms with Crippen molar-refractivity contribution in [1.82, 2.24) is 25.0 Å². The summed E-state index contributed by atoms with van der Waals surface area (Å²) in [6.07, 6.45) is -1.06. The van der Waals surface area contributed by atoms with Crippen molar-refractivity contribution < 1.29 is 37.7 Å². The van der Waals surface area contributed by atoms with E-state index in [0.29, 0.717) is 44.9 Å². The Bertz CT molecular complexity index is 776. The Labute approximate surface area is 182 Å². The number of ether oxygens (including phenoxy) is 1. The van der Waals surface area contributed by atoms with Crippen LogP contribution < -0.4 is 0 Å². The summed E-state index contributed by atoms with van der Waals surface area (Å²) >= 11 is 0. The molecule has 3 fully saturated rings. The summed E-state index contributed by atoms with van der Waals surface area (Å²) < 4.78 is 43.5. The van der Waals surface area contributed by atoms with Gasteiger partial charge in [-0.05, 0) is 37.5 Å². The van der Waals surface area contributed by atoms with E-state index in [4.69, 9.17) is 14.6 Å². The molecule has 1 atom stereocenters. The van der Waals surface area contributed by atoms with E-state index in [-0.39, 0.29) is 11.9 Å². The second-order valence-corrected chi connectivity index (χ2v) is 8.53. The number of H-pyrrole nitrogens is 1. The highest BCUT2D eigenvalue weighted by molar-refractivity contribution is 5.90. The van der Waals surface area contributed by atoms with Crippen LogP contribution in [0.4, 0.5) is 13.2 Å². The van der Waals surface area contributed by atoms with E-state index in [1.54, 1.807) is 5.10 Å². The molecule has 0 aromatic carbocycles. The number of alkyl halides is 3. The maximum absolute atomic E-state index is 12.7. The van der Waals surface area contributed by atoms with E-state index in [1.165, 1.54) is 4.90 Å². The predicted octanol–water partition coefficient (Wildman–Crippen LogP) is 0.992. The van der Waals surface area contributed by atoms with Gasteiger partial charge in [0.25, 0.3) is 12.4 Å². The lowest BCUT2D eigenvalue weighted by molar-refractivity contribution is -0.144. The highest BCUT2D eigenvalue weighted by Gasteiger charge is 2.44. The zero-order valence-corrected chi connectivity index (χ0v) is 17.6. The van der Waals surface area contributed by atoms with Gasteiger partial charge in [-0.25, -0.2) is 0 Å². The summed E-state index contributed by atoms with van der Waals surface area (Å²) in [5, 5.41) is 22.6. The molecule has 1 aromatic heterocycles. The smallest absolute Gasteiger partial charge is 0.451 e. The second kappa shape index (κ2) is 10.1. The molecule has 0 radical (unpaired) electrons. The first-order valence-electron chi connectivity index (χ1n) is 10.5. The van der Waals surface area contributed by atoms with E-state index in [1.807, 2.05) is 0 Å². The molecule has 1 unspecified atom stereocenters. The quantitative estimate of drug-likeness (QED) is 0.554. The van der Waals surface area contributed by atoms with Crippen LogP contribution in [0.5, 0.6) is 0 Å². The molecular weight excluding hydrogens is 435 g/mol. The molecule has 3 saturated heterocycles. The van der Waals surface area contributed by atoms with Gasteiger partial charge in [0.1, 0.15) is 0 Å². The summed E-state index contributed by atoms with van der Waals surface area (Å²) in [5.41, 5.74) is -0.0805. The summed E-state index contributed by atoms with van der Waals surface area (Å²) in [5.74, 6) is -2.32. The third kappa shape index (κ3) is 5.75. The number of nitrogens with one attached hydrogen (secondary N) is 1. The fourth-order valence-electron chi connectivity index (χ4n) is 4.90. The van der Waals surface area contributed by atoms with Crippen LogP contribution in [0.2, 0.25) is 0 Å². The number of carboxylic acid groups (broad SMARTS) is 1. The van der Waals surface area contributed by atoms with Crippen molar-refractivity contribution in [3.63, 3.8) is 0 Å². The van der Waals surface area contributed by atoms with Gasteiger partial charge in [-0.15, -0.1) is 5.10 Å². The summed E-state index contributed by atoms with van der Waals surface area (Å²) in [4.78, 5) is 28.1. The number of aliphatic hydroxyl groups is 1. The minimum Gasteiger partial charge on any atom is -0.483 e. The topological polar surface area (TPSA) is 132 Å². The Balaban J connectivity index is 0.000000913. The van der Waals surface area contributed by atoms with Crippen molar-refractivity contribution >= 4 is 12.4 Å². The second-order valence-electron chi connectivity index (χ2n) is 8.53. The number of nitrogens with zero attached hydrogens (tertiary/aromatic N) is 4. The number of carbonyl (C=O) groups is 2. The molecule has 1 aromatic rings. The number of carbonyl (C=O) groups excluding carboxylic acids is 1. The van der Waals surface area contributed by atoms with Crippen LogP contribution >= 0.6 is 0 Å². The van der Waals surface area contributed by atoms with Gasteiger partial charge in [-0.3, -0.25) is 19.6 Å². The molecule has 3 aliphatic rings. The lowest BCUT2D eigenvalue weighted by Crippen LogP contribution is -2.57. The van der Waals surface area contributed by atoms with E-state index >= 15 is 0 Å². The summed E-state index contributed by atoms with van der Waals surface area (Å²) in [6.45, 7) is 3.60. The number of halogens is 3. The third-order valence-corrected chi connectivity index (χ3v) is 6.42. The highest BCUT2D eigenvalue weighted by Crippen LogP contribution is 2.41. The number of β-amino-alcohol motifs (C(OH)–C–C–N with tert-alkyl or cyclic N) is 1. The van der Waals surface area contributed by atoms with Crippen LogP contribution in [-0.4, -0.2) is 99.1 Å². The minimum absolute atomic E-state index is 0.0805. The molecule has 10 nitrogen and oxygen atoms in total. The number of aromatic amines is 1. The van der Waals surface area contributed by atoms with E-state index in [9.17, 15) is 23.1 Å². The molecule has 1 amide bonds. The molecular formula is C19H28F3N5O5. The number of aliphatic hydroxyl groups excluding tert-OH is 1. The molecule has 32 heavy (non-hydrogen) atoms. The molecule has 3 N–H and O–H groups in total. The monoisotopic (exact) mass is 463 g/mol. The lowest BCUT2D eigenvalue weighted by Gasteiger charge is -2.51. The SMILES string of the molecule is O=C(c1n[nH]c(C(F)(F)F)n1)N1CCC2(CC1)CC(O)CN(C1CCOCC1)C2.O=CO. The number of hydrogen-bond donors (Lipinski definition) is 3. The molecule has 4 heterocycles. The van der Waals surface area contributed by atoms with Gasteiger partial charge in [0.05, 0.1) is 6.10 Å². The molecule has 0 bridgehead atoms. The summed E-state index contributed by atoms with van der Waals surface area (Å²) in [6, 6.07) is 0.407. The van der Waals surface area contributed by atoms with E-state index in [2.05, 4.69) is 15.0 Å². The van der Waals surface area contributed by atoms with Crippen LogP contribution in [-0.2, 0) is 15.7 Å². The van der Waals surface area contributed by atoms with Crippen LogP contribution in [0.15, 0.2) is 0 Å². The van der Waals surface area contributed by atoms with E-state index in [0.717, 1.165) is 32.6 Å². The van der Waals surface area contributed by atoms with Crippen molar-refractivity contribution in [1.29, 1.82) is 0 Å². The Morgan fingerprint density at radius 3 is 2.44 bits per heavy atom. The van der Waals surface area contributed by atoms with Crippen LogP contribution in [0.25, 0.3) is 0 Å². The minimum atomic E-state index is -4.66. The molecule has 0 aliphatic carbocycles. The first kappa shape index (κ1) is 24.4. The molecule has 180 valence electrons. The van der Waals surface area contributed by atoms with E-state index < -0.39 is 29.8 Å². The first-order valence-corrected chi connectivity index (χ1v) is 10.5. The molecule has 13 heteroatoms. The van der Waals surface area contributed by atoms with Crippen LogP contribution in [0.3, 0.4) is 0 Å². The molecule has 0 saturated carbocycles. The van der Waals surface area contributed by atoms with Crippen molar-refractivity contribution in [3.05, 3.63) is 11.6 Å². The largest absolute Gasteiger partial charge is 0.483 e. The normalized spacial score (nSPS) is 24.6. The van der Waals surface area contributed by atoms with Gasteiger partial charge in [0, 0.05) is 45.4 Å². The zero-order valence-electron chi connectivity index (χ0n) is 17.6. The van der Waals surface area contributed by atoms with Crippen molar-refractivity contribution in [2.24, 2.45) is 5.41 Å². The van der Waals surface area contributed by atoms with Crippen molar-refractivity contribution in [3.8, 4) is 0 Å². The van der Waals surface area contributed by atoms with Crippen molar-refractivity contribution in [2.45, 2.75) is 50.4 Å². The molecule has 3 aliphatic heterocycles. The number of rotatable bonds is 2. The van der Waals surface area contributed by atoms with Crippen LogP contribution in [0.1, 0.15) is 48.5 Å². The lowest BCUT2D eigenvalue weighted by atomic mass is 9.71. The Morgan fingerprint density at radius 1 is 1.25 bits per heavy atom. The third-order valence-electron chi connectivity index (χ3n) is 6.42. The number of amides is 1. The average molecular weight is 463 g/mol. The predicted molar refractivity (Wildman–Crippen MR) is 104 cm³/mol. The molecule has 4 rings (SSSR count). The Morgan fingerprint density at radius 2 is 1.88 bits per heavy atom. The number of likely N-dealkylation sites (tertiary alicyclic amines) is 2. The van der Waals surface area contributed by atoms with Gasteiger partial charge < -0.3 is 19.8 Å². The van der Waals surface area contributed by atoms with Gasteiger partial charge >= 0.3 is 6.18 Å². The maximum atomic E-state index is 12.7. The molecule has 1 spiro atoms. The Hall–Kier alpha value is -2.25. The number of hydrogen-bond acceptors (Lipinski definition) is 7. The standard InChI is InChI=1S/C18H26F3N5O3.CH2O2/c19-18(20,21)16-22-14(23-24-16)15(28)25-5-3-17(4-6-25)9-13(27)10-26(11-17)12-1-7-29-8-2-12;2-1-3/h12-13,27H,1-11H2,(H,22,23,24);1H,(H,2,3). The average Bonchev–Trinajstić information content (AvgIpc) is 3.25. The van der Waals surface area contributed by atoms with Gasteiger partial charge in [-0.1, -0.05) is 0 Å². The maximum Gasteiger partial charge on any atom is 0.451 e. The number of aromatic nitrogens is 3. The van der Waals surface area contributed by atoms with Crippen molar-refractivity contribution in [2.75, 3.05) is 39.4 Å². The van der Waals surface area contributed by atoms with Gasteiger partial charge in [0.2, 0.25) is 11.6 Å².